The summed E-state index contributed by atoms with van der Waals surface area (Å²) in [4.78, 5) is 19.6. The second-order valence-electron chi connectivity index (χ2n) is 6.86. The van der Waals surface area contributed by atoms with E-state index in [-0.39, 0.29) is 11.9 Å². The molecule has 0 aliphatic carbocycles. The summed E-state index contributed by atoms with van der Waals surface area (Å²) in [6, 6.07) is 16.7. The Bertz CT molecular complexity index is 1170. The van der Waals surface area contributed by atoms with Crippen molar-refractivity contribution in [1.29, 1.82) is 0 Å². The van der Waals surface area contributed by atoms with E-state index in [1.807, 2.05) is 62.5 Å². The molecule has 2 aromatic carbocycles. The average Bonchev–Trinajstić information content (AvgIpc) is 3.12. The number of rotatable bonds is 4. The van der Waals surface area contributed by atoms with Crippen LogP contribution < -0.4 is 4.90 Å². The summed E-state index contributed by atoms with van der Waals surface area (Å²) in [5, 5.41) is 5.04. The lowest BCUT2D eigenvalue weighted by Crippen LogP contribution is -2.37. The molecular weight excluding hydrogens is 452 g/mol. The van der Waals surface area contributed by atoms with Crippen LogP contribution in [0.2, 0.25) is 5.02 Å². The summed E-state index contributed by atoms with van der Waals surface area (Å²) < 4.78 is 2.55. The van der Waals surface area contributed by atoms with Gasteiger partial charge in [0.25, 0.3) is 5.91 Å². The highest BCUT2D eigenvalue weighted by atomic mass is 79.9. The van der Waals surface area contributed by atoms with Crippen molar-refractivity contribution in [3.8, 4) is 11.3 Å². The highest BCUT2D eigenvalue weighted by Crippen LogP contribution is 2.34. The smallest absolute Gasteiger partial charge is 0.260 e. The normalized spacial score (nSPS) is 11.2. The standard InChI is InChI=1S/C22H18BrClN4O/c1-14(2)28(22(29)16-9-8-15(23)12-18(16)24)20-7-4-3-6-17(20)19-13-21-25-10-5-11-27(21)26-19/h3-14H,1-2H3. The summed E-state index contributed by atoms with van der Waals surface area (Å²) in [6.45, 7) is 3.96. The molecular formula is C22H18BrClN4O. The minimum absolute atomic E-state index is 0.0847. The predicted octanol–water partition coefficient (Wildman–Crippen LogP) is 5.87. The summed E-state index contributed by atoms with van der Waals surface area (Å²) in [5.41, 5.74) is 3.58. The van der Waals surface area contributed by atoms with E-state index in [0.29, 0.717) is 10.6 Å². The van der Waals surface area contributed by atoms with Crippen LogP contribution in [0, 0.1) is 0 Å². The van der Waals surface area contributed by atoms with E-state index in [1.54, 1.807) is 27.7 Å². The number of halogens is 2. The van der Waals surface area contributed by atoms with Gasteiger partial charge in [-0.25, -0.2) is 9.50 Å². The van der Waals surface area contributed by atoms with Crippen LogP contribution in [0.5, 0.6) is 0 Å². The number of hydrogen-bond donors (Lipinski definition) is 0. The highest BCUT2D eigenvalue weighted by Gasteiger charge is 2.25. The van der Waals surface area contributed by atoms with Crippen LogP contribution in [-0.4, -0.2) is 26.5 Å². The first-order chi connectivity index (χ1) is 14.0. The van der Waals surface area contributed by atoms with Gasteiger partial charge < -0.3 is 4.90 Å². The number of para-hydroxylation sites is 1. The second-order valence-corrected chi connectivity index (χ2v) is 8.19. The van der Waals surface area contributed by atoms with Crippen molar-refractivity contribution in [1.82, 2.24) is 14.6 Å². The topological polar surface area (TPSA) is 50.5 Å². The number of amides is 1. The first-order valence-corrected chi connectivity index (χ1v) is 10.3. The van der Waals surface area contributed by atoms with Crippen LogP contribution in [0.1, 0.15) is 24.2 Å². The Labute approximate surface area is 182 Å². The van der Waals surface area contributed by atoms with E-state index in [1.165, 1.54) is 0 Å². The molecule has 29 heavy (non-hydrogen) atoms. The molecule has 4 aromatic rings. The van der Waals surface area contributed by atoms with Crippen LogP contribution >= 0.6 is 27.5 Å². The largest absolute Gasteiger partial charge is 0.305 e. The van der Waals surface area contributed by atoms with Crippen LogP contribution in [-0.2, 0) is 0 Å². The molecule has 146 valence electrons. The molecule has 0 bridgehead atoms. The molecule has 0 fully saturated rings. The Morgan fingerprint density at radius 2 is 1.93 bits per heavy atom. The lowest BCUT2D eigenvalue weighted by molar-refractivity contribution is 0.0980. The number of fused-ring (bicyclic) bond motifs is 1. The molecule has 0 spiro atoms. The molecule has 0 N–H and O–H groups in total. The van der Waals surface area contributed by atoms with Crippen molar-refractivity contribution < 1.29 is 4.79 Å². The lowest BCUT2D eigenvalue weighted by Gasteiger charge is -2.29. The van der Waals surface area contributed by atoms with E-state index < -0.39 is 0 Å². The van der Waals surface area contributed by atoms with E-state index in [4.69, 9.17) is 11.6 Å². The van der Waals surface area contributed by atoms with E-state index in [9.17, 15) is 4.79 Å². The number of nitrogens with zero attached hydrogens (tertiary/aromatic N) is 4. The number of carbonyl (C=O) groups excluding carboxylic acids is 1. The van der Waals surface area contributed by atoms with E-state index >= 15 is 0 Å². The third kappa shape index (κ3) is 3.78. The van der Waals surface area contributed by atoms with Gasteiger partial charge in [-0.1, -0.05) is 45.7 Å². The van der Waals surface area contributed by atoms with Gasteiger partial charge >= 0.3 is 0 Å². The molecule has 1 amide bonds. The third-order valence-corrected chi connectivity index (χ3v) is 5.38. The SMILES string of the molecule is CC(C)N(C(=O)c1ccc(Br)cc1Cl)c1ccccc1-c1cc2ncccn2n1. The summed E-state index contributed by atoms with van der Waals surface area (Å²) in [7, 11) is 0. The fraction of sp³-hybridized carbons (Fsp3) is 0.136. The number of benzene rings is 2. The Balaban J connectivity index is 1.84. The summed E-state index contributed by atoms with van der Waals surface area (Å²) in [6.07, 6.45) is 3.58. The van der Waals surface area contributed by atoms with Gasteiger partial charge in [-0.3, -0.25) is 4.79 Å². The van der Waals surface area contributed by atoms with Gasteiger partial charge in [0, 0.05) is 34.5 Å². The summed E-state index contributed by atoms with van der Waals surface area (Å²) >= 11 is 9.76. The highest BCUT2D eigenvalue weighted by molar-refractivity contribution is 9.10. The molecule has 2 heterocycles. The number of aromatic nitrogens is 3. The second kappa shape index (κ2) is 7.97. The van der Waals surface area contributed by atoms with Gasteiger partial charge in [0.1, 0.15) is 0 Å². The van der Waals surface area contributed by atoms with Gasteiger partial charge in [0.2, 0.25) is 0 Å². The molecule has 4 rings (SSSR count). The van der Waals surface area contributed by atoms with Crippen molar-refractivity contribution in [2.24, 2.45) is 0 Å². The van der Waals surface area contributed by atoms with Crippen LogP contribution in [0.3, 0.4) is 0 Å². The molecule has 0 radical (unpaired) electrons. The van der Waals surface area contributed by atoms with Crippen LogP contribution in [0.15, 0.2) is 71.5 Å². The molecule has 0 saturated heterocycles. The average molecular weight is 470 g/mol. The molecule has 2 aromatic heterocycles. The van der Waals surface area contributed by atoms with Crippen molar-refractivity contribution >= 4 is 44.8 Å². The maximum absolute atomic E-state index is 13.5. The zero-order valence-electron chi connectivity index (χ0n) is 15.9. The van der Waals surface area contributed by atoms with Gasteiger partial charge in [-0.05, 0) is 44.2 Å². The van der Waals surface area contributed by atoms with Crippen molar-refractivity contribution in [3.63, 3.8) is 0 Å². The quantitative estimate of drug-likeness (QED) is 0.376. The Hall–Kier alpha value is -2.70. The predicted molar refractivity (Wildman–Crippen MR) is 120 cm³/mol. The molecule has 0 saturated carbocycles. The number of carbonyl (C=O) groups is 1. The maximum Gasteiger partial charge on any atom is 0.260 e. The van der Waals surface area contributed by atoms with Crippen molar-refractivity contribution in [2.75, 3.05) is 4.90 Å². The minimum atomic E-state index is -0.160. The Kier molecular flexibility index (Phi) is 5.39. The van der Waals surface area contributed by atoms with Gasteiger partial charge in [-0.15, -0.1) is 0 Å². The molecule has 7 heteroatoms. The number of anilines is 1. The fourth-order valence-electron chi connectivity index (χ4n) is 3.28. The van der Waals surface area contributed by atoms with Crippen LogP contribution in [0.25, 0.3) is 16.9 Å². The van der Waals surface area contributed by atoms with Crippen molar-refractivity contribution in [2.45, 2.75) is 19.9 Å². The molecule has 0 aliphatic heterocycles. The zero-order valence-corrected chi connectivity index (χ0v) is 18.2. The minimum Gasteiger partial charge on any atom is -0.305 e. The molecule has 5 nitrogen and oxygen atoms in total. The Morgan fingerprint density at radius 1 is 1.14 bits per heavy atom. The van der Waals surface area contributed by atoms with Crippen LogP contribution in [0.4, 0.5) is 5.69 Å². The number of hydrogen-bond acceptors (Lipinski definition) is 3. The third-order valence-electron chi connectivity index (χ3n) is 4.57. The fourth-order valence-corrected chi connectivity index (χ4v) is 4.03. The molecule has 0 atom stereocenters. The summed E-state index contributed by atoms with van der Waals surface area (Å²) in [5.74, 6) is -0.160. The lowest BCUT2D eigenvalue weighted by atomic mass is 10.1. The Morgan fingerprint density at radius 3 is 2.66 bits per heavy atom. The van der Waals surface area contributed by atoms with E-state index in [2.05, 4.69) is 26.0 Å². The zero-order chi connectivity index (χ0) is 20.5. The maximum atomic E-state index is 13.5. The monoisotopic (exact) mass is 468 g/mol. The van der Waals surface area contributed by atoms with Crippen molar-refractivity contribution in [3.05, 3.63) is 82.0 Å². The molecule has 0 aliphatic rings. The molecule has 0 unspecified atom stereocenters. The van der Waals surface area contributed by atoms with Gasteiger partial charge in [-0.2, -0.15) is 5.10 Å². The van der Waals surface area contributed by atoms with Gasteiger partial charge in [0.15, 0.2) is 5.65 Å². The first kappa shape index (κ1) is 19.6. The van der Waals surface area contributed by atoms with Gasteiger partial charge in [0.05, 0.1) is 22.0 Å². The van der Waals surface area contributed by atoms with E-state index in [0.717, 1.165) is 27.1 Å². The first-order valence-electron chi connectivity index (χ1n) is 9.14.